The van der Waals surface area contributed by atoms with Gasteiger partial charge in [-0.05, 0) is 20.0 Å². The molecule has 0 aliphatic carbocycles. The second-order valence-corrected chi connectivity index (χ2v) is 8.96. The summed E-state index contributed by atoms with van der Waals surface area (Å²) >= 11 is 1.61. The maximum Gasteiger partial charge on any atom is 0.451 e. The van der Waals surface area contributed by atoms with Gasteiger partial charge in [-0.25, -0.2) is 4.98 Å². The Bertz CT molecular complexity index is 1080. The average molecular weight is 438 g/mol. The van der Waals surface area contributed by atoms with Crippen molar-refractivity contribution in [2.45, 2.75) is 26.2 Å². The van der Waals surface area contributed by atoms with Crippen LogP contribution in [0.5, 0.6) is 0 Å². The van der Waals surface area contributed by atoms with Gasteiger partial charge in [0.2, 0.25) is 11.8 Å². The lowest BCUT2D eigenvalue weighted by atomic mass is 10.2. The van der Waals surface area contributed by atoms with Crippen LogP contribution in [-0.2, 0) is 19.3 Å². The van der Waals surface area contributed by atoms with Crippen molar-refractivity contribution in [1.82, 2.24) is 29.6 Å². The number of likely N-dealkylation sites (N-methyl/N-ethyl adjacent to an activating group) is 1. The Kier molecular flexibility index (Phi) is 4.58. The highest BCUT2D eigenvalue weighted by atomic mass is 32.1. The monoisotopic (exact) mass is 438 g/mol. The number of alkyl halides is 3. The summed E-state index contributed by atoms with van der Waals surface area (Å²) in [7, 11) is 2.09. The number of halogens is 3. The first-order chi connectivity index (χ1) is 14.3. The number of hydrogen-bond donors (Lipinski definition) is 0. The van der Waals surface area contributed by atoms with Gasteiger partial charge >= 0.3 is 6.18 Å². The standard InChI is InChI=1S/C18H21F3N8S/c1-11-9-12-14(22-17(23-15(12)30-11)27-5-3-26(2)4-6-27)28-7-8-29-13(10-28)24-25-16(29)18(19,20)21/h9H,3-8,10H2,1-2H3. The van der Waals surface area contributed by atoms with Gasteiger partial charge in [-0.1, -0.05) is 0 Å². The molecule has 1 fully saturated rings. The van der Waals surface area contributed by atoms with Crippen LogP contribution in [0.25, 0.3) is 10.2 Å². The first-order valence-electron chi connectivity index (χ1n) is 9.75. The molecule has 3 aromatic rings. The zero-order valence-corrected chi connectivity index (χ0v) is 17.5. The Morgan fingerprint density at radius 2 is 1.70 bits per heavy atom. The van der Waals surface area contributed by atoms with Gasteiger partial charge in [0, 0.05) is 44.1 Å². The summed E-state index contributed by atoms with van der Waals surface area (Å²) in [5, 5.41) is 8.11. The third-order valence-corrected chi connectivity index (χ3v) is 6.52. The van der Waals surface area contributed by atoms with E-state index in [0.717, 1.165) is 51.7 Å². The van der Waals surface area contributed by atoms with Crippen LogP contribution < -0.4 is 9.80 Å². The van der Waals surface area contributed by atoms with E-state index in [9.17, 15) is 13.2 Å². The van der Waals surface area contributed by atoms with E-state index in [1.165, 1.54) is 0 Å². The van der Waals surface area contributed by atoms with Gasteiger partial charge in [0.05, 0.1) is 11.9 Å². The van der Waals surface area contributed by atoms with Crippen LogP contribution in [0.15, 0.2) is 6.07 Å². The number of piperazine rings is 1. The molecule has 160 valence electrons. The molecule has 30 heavy (non-hydrogen) atoms. The molecule has 2 aliphatic heterocycles. The van der Waals surface area contributed by atoms with Gasteiger partial charge in [0.25, 0.3) is 0 Å². The quantitative estimate of drug-likeness (QED) is 0.609. The van der Waals surface area contributed by atoms with E-state index >= 15 is 0 Å². The number of nitrogens with zero attached hydrogens (tertiary/aromatic N) is 8. The molecule has 0 spiro atoms. The summed E-state index contributed by atoms with van der Waals surface area (Å²) in [5.74, 6) is 0.791. The van der Waals surface area contributed by atoms with Crippen molar-refractivity contribution in [3.63, 3.8) is 0 Å². The van der Waals surface area contributed by atoms with Crippen LogP contribution in [0.2, 0.25) is 0 Å². The Morgan fingerprint density at radius 3 is 2.43 bits per heavy atom. The number of hydrogen-bond acceptors (Lipinski definition) is 8. The molecular formula is C18H21F3N8S. The van der Waals surface area contributed by atoms with E-state index in [2.05, 4.69) is 27.0 Å². The largest absolute Gasteiger partial charge is 0.451 e. The van der Waals surface area contributed by atoms with E-state index < -0.39 is 12.0 Å². The lowest BCUT2D eigenvalue weighted by molar-refractivity contribution is -0.147. The highest BCUT2D eigenvalue weighted by molar-refractivity contribution is 7.18. The van der Waals surface area contributed by atoms with Crippen molar-refractivity contribution in [2.24, 2.45) is 0 Å². The van der Waals surface area contributed by atoms with Gasteiger partial charge in [-0.2, -0.15) is 18.2 Å². The van der Waals surface area contributed by atoms with Crippen molar-refractivity contribution in [3.05, 3.63) is 22.6 Å². The Morgan fingerprint density at radius 1 is 0.967 bits per heavy atom. The summed E-state index contributed by atoms with van der Waals surface area (Å²) < 4.78 is 40.6. The molecule has 0 aromatic carbocycles. The average Bonchev–Trinajstić information content (AvgIpc) is 3.29. The number of anilines is 2. The van der Waals surface area contributed by atoms with Gasteiger partial charge in [-0.15, -0.1) is 21.5 Å². The number of aromatic nitrogens is 5. The number of fused-ring (bicyclic) bond motifs is 2. The van der Waals surface area contributed by atoms with Gasteiger partial charge < -0.3 is 19.3 Å². The highest BCUT2D eigenvalue weighted by Gasteiger charge is 2.39. The van der Waals surface area contributed by atoms with Gasteiger partial charge in [0.15, 0.2) is 5.82 Å². The minimum absolute atomic E-state index is 0.162. The fourth-order valence-corrected chi connectivity index (χ4v) is 4.82. The third kappa shape index (κ3) is 3.37. The molecule has 0 saturated carbocycles. The number of thiophene rings is 1. The summed E-state index contributed by atoms with van der Waals surface area (Å²) in [4.78, 5) is 18.1. The van der Waals surface area contributed by atoms with Crippen LogP contribution in [0.3, 0.4) is 0 Å². The smallest absolute Gasteiger partial charge is 0.347 e. The van der Waals surface area contributed by atoms with Crippen LogP contribution in [0.1, 0.15) is 16.5 Å². The normalized spacial score (nSPS) is 18.3. The fourth-order valence-electron chi connectivity index (χ4n) is 3.95. The molecule has 0 radical (unpaired) electrons. The van der Waals surface area contributed by atoms with E-state index in [0.29, 0.717) is 18.3 Å². The SMILES string of the molecule is Cc1cc2c(N3CCn4c(nnc4C(F)(F)F)C3)nc(N3CCN(C)CC3)nc2s1. The molecule has 0 unspecified atom stereocenters. The predicted molar refractivity (Wildman–Crippen MR) is 108 cm³/mol. The maximum atomic E-state index is 13.2. The van der Waals surface area contributed by atoms with Crippen LogP contribution in [-0.4, -0.2) is 69.4 Å². The molecule has 0 amide bonds. The highest BCUT2D eigenvalue weighted by Crippen LogP contribution is 2.35. The Balaban J connectivity index is 1.51. The van der Waals surface area contributed by atoms with Gasteiger partial charge in [-0.3, -0.25) is 0 Å². The van der Waals surface area contributed by atoms with Crippen molar-refractivity contribution in [3.8, 4) is 0 Å². The minimum atomic E-state index is -4.51. The second kappa shape index (κ2) is 7.05. The van der Waals surface area contributed by atoms with Crippen molar-refractivity contribution < 1.29 is 13.2 Å². The van der Waals surface area contributed by atoms with Crippen molar-refractivity contribution in [2.75, 3.05) is 49.6 Å². The van der Waals surface area contributed by atoms with E-state index in [1.807, 2.05) is 17.9 Å². The second-order valence-electron chi connectivity index (χ2n) is 7.72. The van der Waals surface area contributed by atoms with Crippen LogP contribution in [0.4, 0.5) is 24.9 Å². The molecule has 2 aliphatic rings. The number of rotatable bonds is 2. The zero-order valence-electron chi connectivity index (χ0n) is 16.6. The lowest BCUT2D eigenvalue weighted by Crippen LogP contribution is -2.45. The first-order valence-corrected chi connectivity index (χ1v) is 10.6. The molecule has 0 bridgehead atoms. The summed E-state index contributed by atoms with van der Waals surface area (Å²) in [5.41, 5.74) is 0. The molecule has 0 N–H and O–H groups in total. The third-order valence-electron chi connectivity index (χ3n) is 5.58. The summed E-state index contributed by atoms with van der Waals surface area (Å²) in [6.45, 7) is 6.37. The van der Waals surface area contributed by atoms with Crippen LogP contribution in [0, 0.1) is 6.92 Å². The van der Waals surface area contributed by atoms with E-state index in [1.54, 1.807) is 11.3 Å². The van der Waals surface area contributed by atoms with Crippen molar-refractivity contribution >= 4 is 33.3 Å². The molecular weight excluding hydrogens is 417 g/mol. The Hall–Kier alpha value is -2.47. The van der Waals surface area contributed by atoms with Crippen LogP contribution >= 0.6 is 11.3 Å². The molecule has 12 heteroatoms. The molecule has 3 aromatic heterocycles. The fraction of sp³-hybridized carbons (Fsp3) is 0.556. The molecule has 0 atom stereocenters. The molecule has 8 nitrogen and oxygen atoms in total. The zero-order chi connectivity index (χ0) is 21.0. The van der Waals surface area contributed by atoms with E-state index in [4.69, 9.17) is 9.97 Å². The minimum Gasteiger partial charge on any atom is -0.347 e. The predicted octanol–water partition coefficient (Wildman–Crippen LogP) is 2.38. The first kappa shape index (κ1) is 19.5. The molecule has 5 rings (SSSR count). The summed E-state index contributed by atoms with van der Waals surface area (Å²) in [6, 6.07) is 2.05. The molecule has 5 heterocycles. The molecule has 1 saturated heterocycles. The lowest BCUT2D eigenvalue weighted by Gasteiger charge is -2.34. The number of aryl methyl sites for hydroxylation is 1. The maximum absolute atomic E-state index is 13.2. The topological polar surface area (TPSA) is 66.2 Å². The van der Waals surface area contributed by atoms with E-state index in [-0.39, 0.29) is 13.1 Å². The van der Waals surface area contributed by atoms with Gasteiger partial charge in [0.1, 0.15) is 10.6 Å². The summed E-state index contributed by atoms with van der Waals surface area (Å²) in [6.07, 6.45) is -4.51. The Labute approximate surface area is 174 Å². The van der Waals surface area contributed by atoms with Crippen molar-refractivity contribution in [1.29, 1.82) is 0 Å².